The summed E-state index contributed by atoms with van der Waals surface area (Å²) in [6.07, 6.45) is -0.626. The molecule has 0 heterocycles. The Morgan fingerprint density at radius 2 is 1.69 bits per heavy atom. The van der Waals surface area contributed by atoms with Gasteiger partial charge in [-0.25, -0.2) is 13.8 Å². The zero-order chi connectivity index (χ0) is 22.2. The number of amides is 2. The van der Waals surface area contributed by atoms with Crippen LogP contribution in [0.2, 0.25) is 0 Å². The third-order valence-corrected chi connectivity index (χ3v) is 4.76. The zero-order valence-corrected chi connectivity index (χ0v) is 18.0. The van der Waals surface area contributed by atoms with Crippen LogP contribution in [-0.2, 0) is 35.7 Å². The molecule has 11 heteroatoms. The van der Waals surface area contributed by atoms with E-state index in [1.807, 2.05) is 0 Å². The summed E-state index contributed by atoms with van der Waals surface area (Å²) >= 11 is 0. The monoisotopic (exact) mass is 429 g/mol. The van der Waals surface area contributed by atoms with E-state index in [0.29, 0.717) is 17.3 Å². The lowest BCUT2D eigenvalue weighted by Gasteiger charge is -2.25. The SMILES string of the molecule is COC(=O)CN(c1ccc(CCNC(C)=O)cc1)S(=O)(=O)NC(=O)OC(C)(C)C. The number of rotatable bonds is 8. The van der Waals surface area contributed by atoms with Crippen molar-refractivity contribution in [2.24, 2.45) is 0 Å². The van der Waals surface area contributed by atoms with Crippen LogP contribution in [0, 0.1) is 0 Å². The molecule has 0 aliphatic rings. The van der Waals surface area contributed by atoms with Crippen molar-refractivity contribution in [2.45, 2.75) is 39.7 Å². The third kappa shape index (κ3) is 8.81. The molecule has 1 aromatic rings. The average molecular weight is 429 g/mol. The van der Waals surface area contributed by atoms with Crippen molar-refractivity contribution in [3.63, 3.8) is 0 Å². The van der Waals surface area contributed by atoms with Crippen molar-refractivity contribution in [1.29, 1.82) is 0 Å². The lowest BCUT2D eigenvalue weighted by molar-refractivity contribution is -0.138. The minimum atomic E-state index is -4.44. The molecular weight excluding hydrogens is 402 g/mol. The molecule has 0 fully saturated rings. The number of methoxy groups -OCH3 is 1. The van der Waals surface area contributed by atoms with Gasteiger partial charge in [0, 0.05) is 13.5 Å². The number of esters is 1. The number of hydrogen-bond acceptors (Lipinski definition) is 7. The number of carbonyl (C=O) groups excluding carboxylic acids is 3. The van der Waals surface area contributed by atoms with E-state index in [1.165, 1.54) is 19.1 Å². The molecule has 2 N–H and O–H groups in total. The molecule has 10 nitrogen and oxygen atoms in total. The zero-order valence-electron chi connectivity index (χ0n) is 17.1. The molecule has 0 unspecified atom stereocenters. The van der Waals surface area contributed by atoms with E-state index < -0.39 is 34.4 Å². The number of ether oxygens (including phenoxy) is 2. The van der Waals surface area contributed by atoms with Gasteiger partial charge in [-0.2, -0.15) is 8.42 Å². The number of benzene rings is 1. The van der Waals surface area contributed by atoms with Crippen LogP contribution in [0.1, 0.15) is 33.3 Å². The van der Waals surface area contributed by atoms with Gasteiger partial charge in [0.1, 0.15) is 12.1 Å². The highest BCUT2D eigenvalue weighted by atomic mass is 32.2. The van der Waals surface area contributed by atoms with E-state index in [-0.39, 0.29) is 11.6 Å². The van der Waals surface area contributed by atoms with E-state index >= 15 is 0 Å². The first-order valence-corrected chi connectivity index (χ1v) is 10.2. The van der Waals surface area contributed by atoms with E-state index in [4.69, 9.17) is 4.74 Å². The van der Waals surface area contributed by atoms with Crippen molar-refractivity contribution < 1.29 is 32.3 Å². The van der Waals surface area contributed by atoms with Gasteiger partial charge in [0.15, 0.2) is 0 Å². The van der Waals surface area contributed by atoms with Crippen molar-refractivity contribution in [2.75, 3.05) is 24.5 Å². The smallest absolute Gasteiger partial charge is 0.422 e. The molecule has 1 rings (SSSR count). The summed E-state index contributed by atoms with van der Waals surface area (Å²) in [7, 11) is -3.32. The Balaban J connectivity index is 3.03. The second-order valence-electron chi connectivity index (χ2n) is 7.09. The Bertz CT molecular complexity index is 830. The maximum absolute atomic E-state index is 12.7. The standard InChI is InChI=1S/C18H27N3O7S/c1-13(22)19-11-10-14-6-8-15(9-7-14)21(12-16(23)27-5)29(25,26)20-17(24)28-18(2,3)4/h6-9H,10-12H2,1-5H3,(H,19,22)(H,20,24). The second kappa shape index (κ2) is 10.1. The summed E-state index contributed by atoms with van der Waals surface area (Å²) in [6.45, 7) is 5.97. The minimum absolute atomic E-state index is 0.148. The van der Waals surface area contributed by atoms with Crippen molar-refractivity contribution in [1.82, 2.24) is 10.0 Å². The molecule has 2 amide bonds. The Kier molecular flexibility index (Phi) is 8.43. The molecule has 0 atom stereocenters. The molecule has 1 aromatic carbocycles. The first kappa shape index (κ1) is 24.2. The molecule has 0 bridgehead atoms. The fraction of sp³-hybridized carbons (Fsp3) is 0.500. The molecule has 162 valence electrons. The summed E-state index contributed by atoms with van der Waals surface area (Å²) in [4.78, 5) is 34.5. The average Bonchev–Trinajstić information content (AvgIpc) is 2.57. The Labute approximate surface area is 170 Å². The van der Waals surface area contributed by atoms with Crippen LogP contribution in [0.25, 0.3) is 0 Å². The molecule has 0 saturated carbocycles. The quantitative estimate of drug-likeness (QED) is 0.592. The van der Waals surface area contributed by atoms with Crippen LogP contribution in [0.3, 0.4) is 0 Å². The highest BCUT2D eigenvalue weighted by Gasteiger charge is 2.29. The maximum Gasteiger partial charge on any atom is 0.422 e. The van der Waals surface area contributed by atoms with Gasteiger partial charge in [0.05, 0.1) is 12.8 Å². The molecule has 0 aliphatic carbocycles. The lowest BCUT2D eigenvalue weighted by atomic mass is 10.1. The van der Waals surface area contributed by atoms with Gasteiger partial charge in [0.2, 0.25) is 5.91 Å². The predicted octanol–water partition coefficient (Wildman–Crippen LogP) is 1.11. The van der Waals surface area contributed by atoms with Crippen molar-refractivity contribution in [3.05, 3.63) is 29.8 Å². The van der Waals surface area contributed by atoms with E-state index in [9.17, 15) is 22.8 Å². The first-order valence-electron chi connectivity index (χ1n) is 8.77. The number of anilines is 1. The van der Waals surface area contributed by atoms with Gasteiger partial charge in [-0.1, -0.05) is 12.1 Å². The normalized spacial score (nSPS) is 11.3. The maximum atomic E-state index is 12.7. The van der Waals surface area contributed by atoms with Gasteiger partial charge in [-0.05, 0) is 44.9 Å². The van der Waals surface area contributed by atoms with E-state index in [0.717, 1.165) is 12.7 Å². The van der Waals surface area contributed by atoms with E-state index in [1.54, 1.807) is 37.6 Å². The Morgan fingerprint density at radius 3 is 2.17 bits per heavy atom. The summed E-state index contributed by atoms with van der Waals surface area (Å²) in [5.41, 5.74) is 0.0928. The van der Waals surface area contributed by atoms with Gasteiger partial charge >= 0.3 is 22.3 Å². The summed E-state index contributed by atoms with van der Waals surface area (Å²) in [5.74, 6) is -0.959. The highest BCUT2D eigenvalue weighted by molar-refractivity contribution is 7.91. The molecule has 0 aliphatic heterocycles. The minimum Gasteiger partial charge on any atom is -0.468 e. The molecule has 0 aromatic heterocycles. The van der Waals surface area contributed by atoms with Crippen LogP contribution >= 0.6 is 0 Å². The van der Waals surface area contributed by atoms with Gasteiger partial charge < -0.3 is 14.8 Å². The van der Waals surface area contributed by atoms with Gasteiger partial charge in [-0.15, -0.1) is 0 Å². The Hall–Kier alpha value is -2.82. The van der Waals surface area contributed by atoms with E-state index in [2.05, 4.69) is 10.1 Å². The largest absolute Gasteiger partial charge is 0.468 e. The molecule has 29 heavy (non-hydrogen) atoms. The fourth-order valence-corrected chi connectivity index (χ4v) is 3.21. The fourth-order valence-electron chi connectivity index (χ4n) is 2.17. The van der Waals surface area contributed by atoms with Crippen LogP contribution < -0.4 is 14.3 Å². The van der Waals surface area contributed by atoms with Gasteiger partial charge in [-0.3, -0.25) is 9.59 Å². The van der Waals surface area contributed by atoms with Crippen LogP contribution in [0.15, 0.2) is 24.3 Å². The summed E-state index contributed by atoms with van der Waals surface area (Å²) in [5, 5.41) is 2.66. The summed E-state index contributed by atoms with van der Waals surface area (Å²) < 4.78 is 37.4. The number of hydrogen-bond donors (Lipinski definition) is 2. The third-order valence-electron chi connectivity index (χ3n) is 3.41. The molecule has 0 radical (unpaired) electrons. The van der Waals surface area contributed by atoms with Crippen molar-refractivity contribution in [3.8, 4) is 0 Å². The topological polar surface area (TPSA) is 131 Å². The van der Waals surface area contributed by atoms with Crippen LogP contribution in [0.4, 0.5) is 10.5 Å². The predicted molar refractivity (Wildman–Crippen MR) is 106 cm³/mol. The van der Waals surface area contributed by atoms with Gasteiger partial charge in [0.25, 0.3) is 0 Å². The number of carbonyl (C=O) groups is 3. The molecular formula is C18H27N3O7S. The number of nitrogens with one attached hydrogen (secondary N) is 2. The lowest BCUT2D eigenvalue weighted by Crippen LogP contribution is -2.47. The molecule has 0 spiro atoms. The molecule has 0 saturated heterocycles. The second-order valence-corrected chi connectivity index (χ2v) is 8.69. The van der Waals surface area contributed by atoms with Crippen LogP contribution in [-0.4, -0.2) is 52.2 Å². The first-order chi connectivity index (χ1) is 13.3. The summed E-state index contributed by atoms with van der Waals surface area (Å²) in [6, 6.07) is 6.29. The Morgan fingerprint density at radius 1 is 1.10 bits per heavy atom. The van der Waals surface area contributed by atoms with Crippen LogP contribution in [0.5, 0.6) is 0 Å². The van der Waals surface area contributed by atoms with Crippen molar-refractivity contribution >= 4 is 33.9 Å². The highest BCUT2D eigenvalue weighted by Crippen LogP contribution is 2.19. The number of nitrogens with zero attached hydrogens (tertiary/aromatic N) is 1.